The van der Waals surface area contributed by atoms with Crippen molar-refractivity contribution in [2.45, 2.75) is 32.4 Å². The Bertz CT molecular complexity index is 1100. The van der Waals surface area contributed by atoms with Crippen LogP contribution in [0.2, 0.25) is 0 Å². The van der Waals surface area contributed by atoms with E-state index in [2.05, 4.69) is 16.2 Å². The molecule has 4 amide bonds. The van der Waals surface area contributed by atoms with Crippen LogP contribution < -0.4 is 21.9 Å². The van der Waals surface area contributed by atoms with Crippen molar-refractivity contribution >= 4 is 29.7 Å². The van der Waals surface area contributed by atoms with E-state index in [1.54, 1.807) is 51.1 Å². The summed E-state index contributed by atoms with van der Waals surface area (Å²) in [5.74, 6) is -3.52. The van der Waals surface area contributed by atoms with Crippen LogP contribution >= 0.6 is 0 Å². The average molecular weight is 505 g/mol. The van der Waals surface area contributed by atoms with Crippen LogP contribution in [0.15, 0.2) is 46.9 Å². The molecule has 5 N–H and O–H groups in total. The average Bonchev–Trinajstić information content (AvgIpc) is 3.31. The van der Waals surface area contributed by atoms with Crippen molar-refractivity contribution in [3.63, 3.8) is 0 Å². The second-order valence-corrected chi connectivity index (χ2v) is 8.44. The Morgan fingerprint density at radius 3 is 2.33 bits per heavy atom. The number of hydrogen-bond donors (Lipinski definition) is 4. The molecule has 1 heterocycles. The summed E-state index contributed by atoms with van der Waals surface area (Å²) in [5, 5.41) is 13.2. The summed E-state index contributed by atoms with van der Waals surface area (Å²) in [7, 11) is 0. The molecule has 2 rings (SSSR count). The topological polar surface area (TPSA) is 199 Å². The molecule has 0 bridgehead atoms. The van der Waals surface area contributed by atoms with E-state index in [0.29, 0.717) is 5.56 Å². The highest BCUT2D eigenvalue weighted by Crippen LogP contribution is 2.16. The third-order valence-corrected chi connectivity index (χ3v) is 4.38. The zero-order valence-electron chi connectivity index (χ0n) is 20.0. The van der Waals surface area contributed by atoms with Crippen LogP contribution in [0.3, 0.4) is 0 Å². The van der Waals surface area contributed by atoms with E-state index in [9.17, 15) is 29.3 Å². The maximum Gasteiger partial charge on any atom is 0.433 e. The fraction of sp³-hybridized carbons (Fsp3) is 0.364. The van der Waals surface area contributed by atoms with Crippen LogP contribution in [-0.2, 0) is 14.3 Å². The Balaban J connectivity index is 2.10. The lowest BCUT2D eigenvalue weighted by molar-refractivity contribution is -0.402. The third kappa shape index (κ3) is 8.39. The van der Waals surface area contributed by atoms with Gasteiger partial charge in [0.2, 0.25) is 11.7 Å². The summed E-state index contributed by atoms with van der Waals surface area (Å²) in [6.45, 7) is 4.71. The normalized spacial score (nSPS) is 11.7. The summed E-state index contributed by atoms with van der Waals surface area (Å²) >= 11 is 0. The first-order chi connectivity index (χ1) is 16.9. The van der Waals surface area contributed by atoms with Crippen molar-refractivity contribution in [3.05, 3.63) is 63.9 Å². The zero-order valence-corrected chi connectivity index (χ0v) is 20.0. The number of nitrogens with two attached hydrogens (primary N) is 1. The van der Waals surface area contributed by atoms with Gasteiger partial charge in [0.1, 0.15) is 23.1 Å². The summed E-state index contributed by atoms with van der Waals surface area (Å²) in [6, 6.07) is 8.94. The molecule has 1 atom stereocenters. The molecule has 36 heavy (non-hydrogen) atoms. The second kappa shape index (κ2) is 12.3. The van der Waals surface area contributed by atoms with E-state index in [1.807, 2.05) is 0 Å². The number of nitro groups is 1. The number of ether oxygens (including phenoxy) is 1. The Kier molecular flexibility index (Phi) is 9.50. The Morgan fingerprint density at radius 2 is 1.78 bits per heavy atom. The van der Waals surface area contributed by atoms with Crippen molar-refractivity contribution in [2.24, 2.45) is 5.73 Å². The molecule has 0 spiro atoms. The van der Waals surface area contributed by atoms with E-state index in [1.165, 1.54) is 0 Å². The number of carbonyl (C=O) groups excluding carboxylic acids is 4. The molecule has 14 heteroatoms. The van der Waals surface area contributed by atoms with Crippen LogP contribution in [-0.4, -0.2) is 58.9 Å². The lowest BCUT2D eigenvalue weighted by atomic mass is 10.1. The maximum absolute atomic E-state index is 12.9. The molecule has 1 unspecified atom stereocenters. The maximum atomic E-state index is 12.9. The van der Waals surface area contributed by atoms with Gasteiger partial charge in [0.25, 0.3) is 5.91 Å². The molecule has 194 valence electrons. The first-order valence-electron chi connectivity index (χ1n) is 10.8. The van der Waals surface area contributed by atoms with Crippen LogP contribution in [0.25, 0.3) is 0 Å². The van der Waals surface area contributed by atoms with E-state index >= 15 is 0 Å². The van der Waals surface area contributed by atoms with E-state index in [0.717, 1.165) is 17.0 Å². The molecule has 1 aromatic heterocycles. The lowest BCUT2D eigenvalue weighted by Gasteiger charge is -2.27. The number of carbonyl (C=O) groups is 4. The molecule has 2 aromatic rings. The van der Waals surface area contributed by atoms with Crippen molar-refractivity contribution in [3.8, 4) is 0 Å². The Hall–Kier alpha value is -4.46. The predicted molar refractivity (Wildman–Crippen MR) is 125 cm³/mol. The predicted octanol–water partition coefficient (Wildman–Crippen LogP) is 1.00. The molecular weight excluding hydrogens is 476 g/mol. The van der Waals surface area contributed by atoms with Gasteiger partial charge in [0.05, 0.1) is 6.07 Å². The minimum Gasteiger partial charge on any atom is -0.444 e. The number of hydrogen-bond acceptors (Lipinski definition) is 9. The highest BCUT2D eigenvalue weighted by molar-refractivity contribution is 5.95. The van der Waals surface area contributed by atoms with Crippen LogP contribution in [0.5, 0.6) is 0 Å². The minimum absolute atomic E-state index is 0.0376. The smallest absolute Gasteiger partial charge is 0.433 e. The van der Waals surface area contributed by atoms with Crippen molar-refractivity contribution < 1.29 is 33.3 Å². The molecule has 1 aromatic carbocycles. The van der Waals surface area contributed by atoms with E-state index in [-0.39, 0.29) is 13.1 Å². The van der Waals surface area contributed by atoms with Gasteiger partial charge in [-0.2, -0.15) is 0 Å². The number of nitrogens with one attached hydrogen (secondary N) is 3. The number of hydrazine groups is 1. The standard InChI is InChI=1S/C22H28N6O8/c1-22(2,3)36-21(32)27(12-11-23)13-16(29)24-18(14-7-5-4-6-8-14)20(31)26-25-19(30)15-9-10-17(35-15)28(33)34/h4-10,18H,11-13,23H2,1-3H3,(H,24,29)(H,25,30)(H,26,31). The Morgan fingerprint density at radius 1 is 1.11 bits per heavy atom. The molecular formula is C22H28N6O8. The second-order valence-electron chi connectivity index (χ2n) is 8.44. The highest BCUT2D eigenvalue weighted by Gasteiger charge is 2.28. The zero-order chi connectivity index (χ0) is 26.9. The van der Waals surface area contributed by atoms with Gasteiger partial charge in [-0.1, -0.05) is 30.3 Å². The van der Waals surface area contributed by atoms with Gasteiger partial charge in [-0.15, -0.1) is 0 Å². The molecule has 0 aliphatic rings. The van der Waals surface area contributed by atoms with Crippen LogP contribution in [0, 0.1) is 10.1 Å². The van der Waals surface area contributed by atoms with Gasteiger partial charge in [0, 0.05) is 13.1 Å². The first kappa shape index (κ1) is 27.8. The van der Waals surface area contributed by atoms with Crippen LogP contribution in [0.4, 0.5) is 10.7 Å². The molecule has 0 saturated heterocycles. The molecule has 0 aliphatic carbocycles. The number of amides is 4. The van der Waals surface area contributed by atoms with Gasteiger partial charge in [-0.05, 0) is 32.4 Å². The monoisotopic (exact) mass is 504 g/mol. The third-order valence-electron chi connectivity index (χ3n) is 4.38. The molecule has 0 fully saturated rings. The molecule has 14 nitrogen and oxygen atoms in total. The SMILES string of the molecule is CC(C)(C)OC(=O)N(CCN)CC(=O)NC(C(=O)NNC(=O)c1ccc([N+](=O)[O-])o1)c1ccccc1. The summed E-state index contributed by atoms with van der Waals surface area (Å²) < 4.78 is 10.1. The van der Waals surface area contributed by atoms with Gasteiger partial charge in [0.15, 0.2) is 0 Å². The Labute approximate surface area is 206 Å². The van der Waals surface area contributed by atoms with Gasteiger partial charge >= 0.3 is 17.9 Å². The molecule has 0 radical (unpaired) electrons. The number of nitrogens with zero attached hydrogens (tertiary/aromatic N) is 2. The molecule has 0 aliphatic heterocycles. The summed E-state index contributed by atoms with van der Waals surface area (Å²) in [5.41, 5.74) is 9.36. The van der Waals surface area contributed by atoms with Crippen molar-refractivity contribution in [2.75, 3.05) is 19.6 Å². The highest BCUT2D eigenvalue weighted by atomic mass is 16.6. The molecule has 0 saturated carbocycles. The lowest BCUT2D eigenvalue weighted by Crippen LogP contribution is -2.50. The van der Waals surface area contributed by atoms with E-state index in [4.69, 9.17) is 14.9 Å². The van der Waals surface area contributed by atoms with Crippen molar-refractivity contribution in [1.29, 1.82) is 0 Å². The fourth-order valence-corrected chi connectivity index (χ4v) is 2.84. The minimum atomic E-state index is -1.26. The quantitative estimate of drug-likeness (QED) is 0.284. The number of benzene rings is 1. The van der Waals surface area contributed by atoms with Crippen LogP contribution in [0.1, 0.15) is 42.9 Å². The van der Waals surface area contributed by atoms with Gasteiger partial charge < -0.3 is 20.2 Å². The number of furan rings is 1. The fourth-order valence-electron chi connectivity index (χ4n) is 2.84. The summed E-state index contributed by atoms with van der Waals surface area (Å²) in [4.78, 5) is 61.2. The van der Waals surface area contributed by atoms with E-state index < -0.39 is 58.6 Å². The largest absolute Gasteiger partial charge is 0.444 e. The number of rotatable bonds is 9. The van der Waals surface area contributed by atoms with Gasteiger partial charge in [-0.3, -0.25) is 40.2 Å². The van der Waals surface area contributed by atoms with Gasteiger partial charge in [-0.25, -0.2) is 4.79 Å². The van der Waals surface area contributed by atoms with Crippen molar-refractivity contribution in [1.82, 2.24) is 21.1 Å². The summed E-state index contributed by atoms with van der Waals surface area (Å²) in [6.07, 6.45) is -0.747. The first-order valence-corrected chi connectivity index (χ1v) is 10.8.